The number of hydrogen-bond donors (Lipinski definition) is 2. The molecule has 0 aliphatic carbocycles. The van der Waals surface area contributed by atoms with Crippen LogP contribution in [0.3, 0.4) is 0 Å². The third kappa shape index (κ3) is 4.22. The molecule has 0 fully saturated rings. The molecule has 0 aliphatic rings. The summed E-state index contributed by atoms with van der Waals surface area (Å²) in [6.07, 6.45) is 0. The number of nitrogens with two attached hydrogens (primary N) is 1. The van der Waals surface area contributed by atoms with Gasteiger partial charge < -0.3 is 15.6 Å². The molecule has 0 saturated heterocycles. The van der Waals surface area contributed by atoms with Gasteiger partial charge >= 0.3 is 0 Å². The van der Waals surface area contributed by atoms with Crippen molar-refractivity contribution in [2.45, 2.75) is 19.4 Å². The number of carbonyl (C=O) groups is 1. The molecule has 3 aromatic rings. The number of carbonyl (C=O) groups excluding carboxylic acids is 1. The van der Waals surface area contributed by atoms with E-state index in [-0.39, 0.29) is 0 Å². The number of hydrogen-bond acceptors (Lipinski definition) is 4. The van der Waals surface area contributed by atoms with Crippen LogP contribution < -0.4 is 15.4 Å². The lowest BCUT2D eigenvalue weighted by molar-refractivity contribution is -0.123. The fraction of sp³-hybridized carbons (Fsp3) is 0.174. The third-order valence-electron chi connectivity index (χ3n) is 4.42. The molecule has 0 spiro atoms. The maximum Gasteiger partial charge on any atom is 0.253 e. The number of aliphatic hydroxyl groups excluding tert-OH is 1. The van der Waals surface area contributed by atoms with E-state index in [4.69, 9.17) is 10.5 Å². The molecule has 0 heterocycles. The predicted octanol–water partition coefficient (Wildman–Crippen LogP) is 4.16. The van der Waals surface area contributed by atoms with E-state index in [2.05, 4.69) is 0 Å². The Morgan fingerprint density at radius 2 is 1.61 bits per heavy atom. The van der Waals surface area contributed by atoms with Crippen LogP contribution in [-0.4, -0.2) is 23.2 Å². The van der Waals surface area contributed by atoms with Crippen LogP contribution in [0, 0.1) is 6.92 Å². The smallest absolute Gasteiger partial charge is 0.253 e. The first-order valence-electron chi connectivity index (χ1n) is 9.05. The molecule has 5 nitrogen and oxygen atoms in total. The molecule has 3 rings (SSSR count). The highest BCUT2D eigenvalue weighted by atomic mass is 16.5. The standard InChI is InChI=1S/C23H24N2O3/c1-17-15-19(13-14-21(17)28-20-11-7-4-8-12-20)25(18-9-5-3-6-10-18)22(27)23(2,24)16-26/h3-15,26H,16,24H2,1-2H3/t23-/m0/s1. The Morgan fingerprint density at radius 1 is 1.00 bits per heavy atom. The van der Waals surface area contributed by atoms with Crippen molar-refractivity contribution in [1.82, 2.24) is 0 Å². The lowest BCUT2D eigenvalue weighted by Gasteiger charge is -2.31. The number of benzene rings is 3. The fourth-order valence-electron chi connectivity index (χ4n) is 2.79. The summed E-state index contributed by atoms with van der Waals surface area (Å²) in [6.45, 7) is 2.98. The summed E-state index contributed by atoms with van der Waals surface area (Å²) in [5, 5.41) is 9.58. The predicted molar refractivity (Wildman–Crippen MR) is 111 cm³/mol. The van der Waals surface area contributed by atoms with Gasteiger partial charge in [0.1, 0.15) is 17.0 Å². The van der Waals surface area contributed by atoms with Crippen molar-refractivity contribution in [1.29, 1.82) is 0 Å². The van der Waals surface area contributed by atoms with Crippen LogP contribution in [0.1, 0.15) is 12.5 Å². The average Bonchev–Trinajstić information content (AvgIpc) is 2.71. The van der Waals surface area contributed by atoms with Crippen molar-refractivity contribution in [3.63, 3.8) is 0 Å². The van der Waals surface area contributed by atoms with Gasteiger partial charge in [0, 0.05) is 11.4 Å². The van der Waals surface area contributed by atoms with Gasteiger partial charge in [-0.1, -0.05) is 36.4 Å². The highest BCUT2D eigenvalue weighted by Gasteiger charge is 2.34. The SMILES string of the molecule is Cc1cc(N(C(=O)[C@@](C)(N)CO)c2ccccc2)ccc1Oc1ccccc1. The first-order chi connectivity index (χ1) is 13.4. The number of ether oxygens (including phenoxy) is 1. The second-order valence-corrected chi connectivity index (χ2v) is 6.92. The monoisotopic (exact) mass is 376 g/mol. The van der Waals surface area contributed by atoms with Gasteiger partial charge in [0.05, 0.1) is 6.61 Å². The number of para-hydroxylation sites is 2. The van der Waals surface area contributed by atoms with Crippen LogP contribution in [0.15, 0.2) is 78.9 Å². The van der Waals surface area contributed by atoms with Crippen LogP contribution >= 0.6 is 0 Å². The number of anilines is 2. The maximum atomic E-state index is 13.1. The van der Waals surface area contributed by atoms with Gasteiger partial charge in [0.2, 0.25) is 0 Å². The zero-order valence-electron chi connectivity index (χ0n) is 16.0. The van der Waals surface area contributed by atoms with Crippen molar-refractivity contribution >= 4 is 17.3 Å². The van der Waals surface area contributed by atoms with Crippen LogP contribution in [0.25, 0.3) is 0 Å². The van der Waals surface area contributed by atoms with E-state index in [1.165, 1.54) is 11.8 Å². The first kappa shape index (κ1) is 19.6. The topological polar surface area (TPSA) is 75.8 Å². The van der Waals surface area contributed by atoms with Gasteiger partial charge in [-0.05, 0) is 61.9 Å². The maximum absolute atomic E-state index is 13.1. The molecule has 0 aromatic heterocycles. The zero-order valence-corrected chi connectivity index (χ0v) is 16.0. The van der Waals surface area contributed by atoms with Gasteiger partial charge in [-0.15, -0.1) is 0 Å². The molecule has 144 valence electrons. The molecule has 0 radical (unpaired) electrons. The Hall–Kier alpha value is -3.15. The van der Waals surface area contributed by atoms with Crippen molar-refractivity contribution in [3.05, 3.63) is 84.4 Å². The lowest BCUT2D eigenvalue weighted by atomic mass is 10.0. The van der Waals surface area contributed by atoms with Gasteiger partial charge in [-0.2, -0.15) is 0 Å². The van der Waals surface area contributed by atoms with Crippen molar-refractivity contribution in [2.75, 3.05) is 11.5 Å². The zero-order chi connectivity index (χ0) is 20.1. The van der Waals surface area contributed by atoms with E-state index in [9.17, 15) is 9.90 Å². The summed E-state index contributed by atoms with van der Waals surface area (Å²) >= 11 is 0. The van der Waals surface area contributed by atoms with Crippen LogP contribution in [0.2, 0.25) is 0 Å². The van der Waals surface area contributed by atoms with E-state index in [1.54, 1.807) is 0 Å². The Kier molecular flexibility index (Phi) is 5.78. The molecule has 0 saturated carbocycles. The number of rotatable bonds is 6. The summed E-state index contributed by atoms with van der Waals surface area (Å²) in [6, 6.07) is 24.3. The van der Waals surface area contributed by atoms with E-state index >= 15 is 0 Å². The van der Waals surface area contributed by atoms with Crippen molar-refractivity contribution < 1.29 is 14.6 Å². The highest BCUT2D eigenvalue weighted by molar-refractivity contribution is 6.05. The third-order valence-corrected chi connectivity index (χ3v) is 4.42. The second kappa shape index (κ2) is 8.25. The second-order valence-electron chi connectivity index (χ2n) is 6.92. The Balaban J connectivity index is 1.99. The van der Waals surface area contributed by atoms with Gasteiger partial charge in [-0.3, -0.25) is 9.69 Å². The van der Waals surface area contributed by atoms with E-state index in [0.717, 1.165) is 11.3 Å². The molecule has 28 heavy (non-hydrogen) atoms. The van der Waals surface area contributed by atoms with E-state index in [0.29, 0.717) is 17.1 Å². The lowest BCUT2D eigenvalue weighted by Crippen LogP contribution is -2.54. The number of aryl methyl sites for hydroxylation is 1. The molecule has 0 unspecified atom stereocenters. The van der Waals surface area contributed by atoms with Crippen molar-refractivity contribution in [2.24, 2.45) is 5.73 Å². The number of nitrogens with zero attached hydrogens (tertiary/aromatic N) is 1. The summed E-state index contributed by atoms with van der Waals surface area (Å²) < 4.78 is 5.93. The molecule has 5 heteroatoms. The summed E-state index contributed by atoms with van der Waals surface area (Å²) in [5.74, 6) is 1.05. The minimum atomic E-state index is -1.40. The molecule has 1 atom stereocenters. The number of aliphatic hydroxyl groups is 1. The Bertz CT molecular complexity index is 941. The molecule has 0 bridgehead atoms. The minimum absolute atomic E-state index is 0.391. The van der Waals surface area contributed by atoms with Gasteiger partial charge in [-0.25, -0.2) is 0 Å². The molecular weight excluding hydrogens is 352 g/mol. The Labute approximate surface area is 165 Å². The molecule has 3 N–H and O–H groups in total. The average molecular weight is 376 g/mol. The van der Waals surface area contributed by atoms with E-state index < -0.39 is 18.1 Å². The summed E-state index contributed by atoms with van der Waals surface area (Å²) in [7, 11) is 0. The van der Waals surface area contributed by atoms with Gasteiger partial charge in [0.25, 0.3) is 5.91 Å². The summed E-state index contributed by atoms with van der Waals surface area (Å²) in [5.41, 5.74) is 6.84. The number of amides is 1. The quantitative estimate of drug-likeness (QED) is 0.677. The molecule has 1 amide bonds. The van der Waals surface area contributed by atoms with Crippen LogP contribution in [0.5, 0.6) is 11.5 Å². The van der Waals surface area contributed by atoms with Gasteiger partial charge in [0.15, 0.2) is 0 Å². The van der Waals surface area contributed by atoms with Crippen LogP contribution in [0.4, 0.5) is 11.4 Å². The van der Waals surface area contributed by atoms with Crippen molar-refractivity contribution in [3.8, 4) is 11.5 Å². The largest absolute Gasteiger partial charge is 0.457 e. The van der Waals surface area contributed by atoms with Crippen LogP contribution in [-0.2, 0) is 4.79 Å². The first-order valence-corrected chi connectivity index (χ1v) is 9.05. The molecular formula is C23H24N2O3. The normalized spacial score (nSPS) is 12.9. The van der Waals surface area contributed by atoms with E-state index in [1.807, 2.05) is 85.8 Å². The molecule has 0 aliphatic heterocycles. The highest BCUT2D eigenvalue weighted by Crippen LogP contribution is 2.33. The molecule has 3 aromatic carbocycles. The Morgan fingerprint density at radius 3 is 2.18 bits per heavy atom. The minimum Gasteiger partial charge on any atom is -0.457 e. The summed E-state index contributed by atoms with van der Waals surface area (Å²) in [4.78, 5) is 14.6. The fourth-order valence-corrected chi connectivity index (χ4v) is 2.79.